The molecule has 0 aliphatic carbocycles. The number of rotatable bonds is 3. The Morgan fingerprint density at radius 1 is 1.10 bits per heavy atom. The molecule has 0 fully saturated rings. The second-order valence-corrected chi connectivity index (χ2v) is 5.56. The predicted molar refractivity (Wildman–Crippen MR) is 81.6 cm³/mol. The maximum Gasteiger partial charge on any atom is 0.124 e. The Morgan fingerprint density at radius 3 is 2.20 bits per heavy atom. The van der Waals surface area contributed by atoms with Crippen molar-refractivity contribution in [2.45, 2.75) is 19.2 Å². The Bertz CT molecular complexity index is 617. The van der Waals surface area contributed by atoms with Crippen molar-refractivity contribution in [3.8, 4) is 5.75 Å². The Balaban J connectivity index is 2.45. The Morgan fingerprint density at radius 2 is 1.70 bits per heavy atom. The smallest absolute Gasteiger partial charge is 0.124 e. The second-order valence-electron chi connectivity index (χ2n) is 4.72. The molecule has 0 aliphatic rings. The number of hydrogen-bond acceptors (Lipinski definition) is 1. The molecule has 0 spiro atoms. The molecule has 2 aromatic rings. The van der Waals surface area contributed by atoms with Gasteiger partial charge in [-0.15, -0.1) is 11.6 Å². The molecule has 20 heavy (non-hydrogen) atoms. The van der Waals surface area contributed by atoms with Crippen molar-refractivity contribution in [2.24, 2.45) is 0 Å². The van der Waals surface area contributed by atoms with Crippen LogP contribution in [0.3, 0.4) is 0 Å². The summed E-state index contributed by atoms with van der Waals surface area (Å²) in [6.45, 7) is 3.93. The van der Waals surface area contributed by atoms with Gasteiger partial charge in [0.1, 0.15) is 11.6 Å². The molecule has 0 bridgehead atoms. The van der Waals surface area contributed by atoms with E-state index in [-0.39, 0.29) is 5.82 Å². The number of alkyl halides is 1. The highest BCUT2D eigenvalue weighted by atomic mass is 35.5. The van der Waals surface area contributed by atoms with Crippen molar-refractivity contribution in [3.63, 3.8) is 0 Å². The highest BCUT2D eigenvalue weighted by Crippen LogP contribution is 2.36. The van der Waals surface area contributed by atoms with Crippen LogP contribution in [-0.4, -0.2) is 7.11 Å². The van der Waals surface area contributed by atoms with Crippen molar-refractivity contribution in [3.05, 3.63) is 63.4 Å². The molecule has 0 aromatic heterocycles. The van der Waals surface area contributed by atoms with Crippen LogP contribution in [0.5, 0.6) is 5.75 Å². The van der Waals surface area contributed by atoms with Crippen molar-refractivity contribution in [1.29, 1.82) is 0 Å². The van der Waals surface area contributed by atoms with Gasteiger partial charge in [0.05, 0.1) is 12.5 Å². The molecule has 0 amide bonds. The first kappa shape index (κ1) is 15.1. The van der Waals surface area contributed by atoms with Crippen LogP contribution in [0.4, 0.5) is 4.39 Å². The van der Waals surface area contributed by atoms with Crippen molar-refractivity contribution < 1.29 is 9.13 Å². The standard InChI is InChI=1S/C16H15Cl2FO/c1-9-6-11(7-10(2)16(9)20-3)15(18)13-5-4-12(19)8-14(13)17/h4-8,15H,1-3H3. The van der Waals surface area contributed by atoms with E-state index in [1.165, 1.54) is 12.1 Å². The van der Waals surface area contributed by atoms with Crippen LogP contribution >= 0.6 is 23.2 Å². The molecule has 0 N–H and O–H groups in total. The summed E-state index contributed by atoms with van der Waals surface area (Å²) >= 11 is 12.5. The van der Waals surface area contributed by atoms with Crippen molar-refractivity contribution in [2.75, 3.05) is 7.11 Å². The van der Waals surface area contributed by atoms with E-state index >= 15 is 0 Å². The Labute approximate surface area is 128 Å². The molecule has 4 heteroatoms. The lowest BCUT2D eigenvalue weighted by Gasteiger charge is -2.16. The molecule has 2 rings (SSSR count). The summed E-state index contributed by atoms with van der Waals surface area (Å²) in [4.78, 5) is 0. The molecular weight excluding hydrogens is 298 g/mol. The van der Waals surface area contributed by atoms with Crippen LogP contribution in [0.15, 0.2) is 30.3 Å². The second kappa shape index (κ2) is 6.02. The molecule has 106 valence electrons. The number of ether oxygens (including phenoxy) is 1. The maximum atomic E-state index is 13.1. The highest BCUT2D eigenvalue weighted by Gasteiger charge is 2.17. The molecule has 0 heterocycles. The monoisotopic (exact) mass is 312 g/mol. The van der Waals surface area contributed by atoms with Gasteiger partial charge in [0.15, 0.2) is 0 Å². The van der Waals surface area contributed by atoms with Gasteiger partial charge in [-0.25, -0.2) is 4.39 Å². The zero-order valence-electron chi connectivity index (χ0n) is 11.5. The summed E-state index contributed by atoms with van der Waals surface area (Å²) < 4.78 is 18.4. The van der Waals surface area contributed by atoms with Crippen molar-refractivity contribution in [1.82, 2.24) is 0 Å². The molecular formula is C16H15Cl2FO. The minimum absolute atomic E-state index is 0.330. The number of benzene rings is 2. The predicted octanol–water partition coefficient (Wildman–Crippen LogP) is 5.43. The average Bonchev–Trinajstić information content (AvgIpc) is 2.37. The van der Waals surface area contributed by atoms with Gasteiger partial charge in [0.2, 0.25) is 0 Å². The van der Waals surface area contributed by atoms with Gasteiger partial charge >= 0.3 is 0 Å². The summed E-state index contributed by atoms with van der Waals surface area (Å²) in [5, 5.41) is -0.0949. The van der Waals surface area contributed by atoms with E-state index in [1.807, 2.05) is 26.0 Å². The first-order valence-electron chi connectivity index (χ1n) is 6.18. The summed E-state index contributed by atoms with van der Waals surface area (Å²) in [6, 6.07) is 8.17. The highest BCUT2D eigenvalue weighted by molar-refractivity contribution is 6.33. The lowest BCUT2D eigenvalue weighted by molar-refractivity contribution is 0.408. The third kappa shape index (κ3) is 2.92. The zero-order valence-corrected chi connectivity index (χ0v) is 13.0. The maximum absolute atomic E-state index is 13.1. The van der Waals surface area contributed by atoms with Gasteiger partial charge in [0, 0.05) is 5.02 Å². The number of halogens is 3. The third-order valence-corrected chi connectivity index (χ3v) is 4.03. The minimum atomic E-state index is -0.425. The Hall–Kier alpha value is -1.25. The third-order valence-electron chi connectivity index (χ3n) is 3.21. The van der Waals surface area contributed by atoms with E-state index in [2.05, 4.69) is 0 Å². The lowest BCUT2D eigenvalue weighted by atomic mass is 9.99. The Kier molecular flexibility index (Phi) is 4.56. The normalized spacial score (nSPS) is 12.3. The van der Waals surface area contributed by atoms with Crippen molar-refractivity contribution >= 4 is 23.2 Å². The molecule has 2 aromatic carbocycles. The number of hydrogen-bond donors (Lipinski definition) is 0. The van der Waals surface area contributed by atoms with E-state index in [9.17, 15) is 4.39 Å². The topological polar surface area (TPSA) is 9.23 Å². The van der Waals surface area contributed by atoms with E-state index in [0.29, 0.717) is 10.6 Å². The fourth-order valence-corrected chi connectivity index (χ4v) is 2.99. The number of aryl methyl sites for hydroxylation is 2. The average molecular weight is 313 g/mol. The quantitative estimate of drug-likeness (QED) is 0.686. The van der Waals surface area contributed by atoms with Crippen LogP contribution in [0, 0.1) is 19.7 Å². The fraction of sp³-hybridized carbons (Fsp3) is 0.250. The molecule has 0 radical (unpaired) electrons. The van der Waals surface area contributed by atoms with Crippen LogP contribution < -0.4 is 4.74 Å². The molecule has 0 saturated carbocycles. The minimum Gasteiger partial charge on any atom is -0.496 e. The molecule has 1 atom stereocenters. The lowest BCUT2D eigenvalue weighted by Crippen LogP contribution is -1.99. The molecule has 1 unspecified atom stereocenters. The van der Waals surface area contributed by atoms with Crippen LogP contribution in [0.25, 0.3) is 0 Å². The fourth-order valence-electron chi connectivity index (χ4n) is 2.34. The summed E-state index contributed by atoms with van der Waals surface area (Å²) in [7, 11) is 1.64. The van der Waals surface area contributed by atoms with E-state index in [1.54, 1.807) is 13.2 Å². The van der Waals surface area contributed by atoms with Gasteiger partial charge in [0.25, 0.3) is 0 Å². The van der Waals surface area contributed by atoms with E-state index < -0.39 is 5.38 Å². The summed E-state index contributed by atoms with van der Waals surface area (Å²) in [6.07, 6.45) is 0. The SMILES string of the molecule is COc1c(C)cc(C(Cl)c2ccc(F)cc2Cl)cc1C. The van der Waals surface area contributed by atoms with E-state index in [4.69, 9.17) is 27.9 Å². The summed E-state index contributed by atoms with van der Waals surface area (Å²) in [5.74, 6) is 0.479. The molecule has 0 aliphatic heterocycles. The van der Waals surface area contributed by atoms with Crippen LogP contribution in [0.2, 0.25) is 5.02 Å². The van der Waals surface area contributed by atoms with Gasteiger partial charge in [-0.3, -0.25) is 0 Å². The summed E-state index contributed by atoms with van der Waals surface area (Å²) in [5.41, 5.74) is 3.62. The van der Waals surface area contributed by atoms with Gasteiger partial charge < -0.3 is 4.74 Å². The van der Waals surface area contributed by atoms with Crippen LogP contribution in [-0.2, 0) is 0 Å². The van der Waals surface area contributed by atoms with Gasteiger partial charge in [-0.05, 0) is 48.2 Å². The van der Waals surface area contributed by atoms with Gasteiger partial charge in [-0.1, -0.05) is 29.8 Å². The zero-order chi connectivity index (χ0) is 14.9. The number of methoxy groups -OCH3 is 1. The molecule has 1 nitrogen and oxygen atoms in total. The first-order valence-corrected chi connectivity index (χ1v) is 6.99. The van der Waals surface area contributed by atoms with Gasteiger partial charge in [-0.2, -0.15) is 0 Å². The van der Waals surface area contributed by atoms with Crippen LogP contribution in [0.1, 0.15) is 27.6 Å². The largest absolute Gasteiger partial charge is 0.496 e. The van der Waals surface area contributed by atoms with E-state index in [0.717, 1.165) is 22.4 Å². The first-order chi connectivity index (χ1) is 9.43. The molecule has 0 saturated heterocycles.